The summed E-state index contributed by atoms with van der Waals surface area (Å²) in [7, 11) is 0. The highest BCUT2D eigenvalue weighted by Gasteiger charge is 2.35. The second kappa shape index (κ2) is 5.72. The lowest BCUT2D eigenvalue weighted by Gasteiger charge is -2.22. The van der Waals surface area contributed by atoms with Crippen LogP contribution in [0.4, 0.5) is 0 Å². The van der Waals surface area contributed by atoms with E-state index in [0.29, 0.717) is 19.4 Å². The SMILES string of the molecule is CCOC(=O)C1CCCN1C(=O)c1cc(=O)[nH]c(=O)[nH]1. The molecule has 108 valence electrons. The summed E-state index contributed by atoms with van der Waals surface area (Å²) in [4.78, 5) is 52.0. The Hall–Kier alpha value is -2.38. The highest BCUT2D eigenvalue weighted by Crippen LogP contribution is 2.20. The topological polar surface area (TPSA) is 112 Å². The Morgan fingerprint density at radius 1 is 1.40 bits per heavy atom. The fourth-order valence-electron chi connectivity index (χ4n) is 2.23. The van der Waals surface area contributed by atoms with Gasteiger partial charge in [0.2, 0.25) is 0 Å². The summed E-state index contributed by atoms with van der Waals surface area (Å²) in [6.07, 6.45) is 1.18. The molecule has 20 heavy (non-hydrogen) atoms. The number of aromatic amines is 2. The maximum atomic E-state index is 12.3. The largest absolute Gasteiger partial charge is 0.464 e. The van der Waals surface area contributed by atoms with Crippen LogP contribution in [0, 0.1) is 0 Å². The van der Waals surface area contributed by atoms with Gasteiger partial charge in [0.15, 0.2) is 0 Å². The molecule has 1 aliphatic rings. The van der Waals surface area contributed by atoms with Crippen molar-refractivity contribution in [2.24, 2.45) is 0 Å². The number of carbonyl (C=O) groups excluding carboxylic acids is 2. The molecule has 0 spiro atoms. The van der Waals surface area contributed by atoms with Gasteiger partial charge in [-0.25, -0.2) is 9.59 Å². The molecule has 1 amide bonds. The number of amides is 1. The maximum Gasteiger partial charge on any atom is 0.328 e. The number of hydrogen-bond acceptors (Lipinski definition) is 5. The van der Waals surface area contributed by atoms with Crippen LogP contribution in [0.3, 0.4) is 0 Å². The molecule has 8 nitrogen and oxygen atoms in total. The van der Waals surface area contributed by atoms with Crippen molar-refractivity contribution >= 4 is 11.9 Å². The van der Waals surface area contributed by atoms with Gasteiger partial charge in [-0.3, -0.25) is 14.6 Å². The summed E-state index contributed by atoms with van der Waals surface area (Å²) in [5, 5.41) is 0. The highest BCUT2D eigenvalue weighted by atomic mass is 16.5. The van der Waals surface area contributed by atoms with E-state index in [-0.39, 0.29) is 12.3 Å². The number of rotatable bonds is 3. The molecular formula is C12H15N3O5. The lowest BCUT2D eigenvalue weighted by molar-refractivity contribution is -0.147. The lowest BCUT2D eigenvalue weighted by Crippen LogP contribution is -2.42. The van der Waals surface area contributed by atoms with E-state index < -0.39 is 29.2 Å². The van der Waals surface area contributed by atoms with Crippen molar-refractivity contribution in [2.45, 2.75) is 25.8 Å². The monoisotopic (exact) mass is 281 g/mol. The Balaban J connectivity index is 2.25. The minimum atomic E-state index is -0.757. The molecule has 8 heteroatoms. The van der Waals surface area contributed by atoms with Crippen LogP contribution in [-0.2, 0) is 9.53 Å². The number of aromatic nitrogens is 2. The third-order valence-corrected chi connectivity index (χ3v) is 3.06. The van der Waals surface area contributed by atoms with Gasteiger partial charge in [-0.05, 0) is 19.8 Å². The predicted molar refractivity (Wildman–Crippen MR) is 68.4 cm³/mol. The quantitative estimate of drug-likeness (QED) is 0.706. The third kappa shape index (κ3) is 2.79. The van der Waals surface area contributed by atoms with Gasteiger partial charge < -0.3 is 14.6 Å². The zero-order valence-electron chi connectivity index (χ0n) is 11.0. The number of H-pyrrole nitrogens is 2. The Kier molecular flexibility index (Phi) is 4.02. The van der Waals surface area contributed by atoms with Crippen LogP contribution in [0.2, 0.25) is 0 Å². The van der Waals surface area contributed by atoms with Crippen molar-refractivity contribution in [3.8, 4) is 0 Å². The number of nitrogens with zero attached hydrogens (tertiary/aromatic N) is 1. The molecule has 2 rings (SSSR count). The molecule has 1 aromatic heterocycles. The number of nitrogens with one attached hydrogen (secondary N) is 2. The van der Waals surface area contributed by atoms with Crippen LogP contribution in [0.5, 0.6) is 0 Å². The second-order valence-corrected chi connectivity index (χ2v) is 4.41. The molecule has 2 heterocycles. The van der Waals surface area contributed by atoms with Crippen LogP contribution >= 0.6 is 0 Å². The van der Waals surface area contributed by atoms with E-state index in [2.05, 4.69) is 4.98 Å². The van der Waals surface area contributed by atoms with Crippen molar-refractivity contribution in [3.63, 3.8) is 0 Å². The summed E-state index contributed by atoms with van der Waals surface area (Å²) in [6, 6.07) is 0.342. The number of hydrogen-bond donors (Lipinski definition) is 2. The van der Waals surface area contributed by atoms with E-state index >= 15 is 0 Å². The number of esters is 1. The van der Waals surface area contributed by atoms with Crippen LogP contribution in [0.1, 0.15) is 30.3 Å². The lowest BCUT2D eigenvalue weighted by atomic mass is 10.2. The average Bonchev–Trinajstić information content (AvgIpc) is 2.86. The smallest absolute Gasteiger partial charge is 0.328 e. The molecule has 2 N–H and O–H groups in total. The minimum Gasteiger partial charge on any atom is -0.464 e. The van der Waals surface area contributed by atoms with Crippen LogP contribution in [-0.4, -0.2) is 45.9 Å². The first-order chi connectivity index (χ1) is 9.52. The molecule has 1 atom stereocenters. The molecular weight excluding hydrogens is 266 g/mol. The zero-order chi connectivity index (χ0) is 14.7. The molecule has 1 saturated heterocycles. The summed E-state index contributed by atoms with van der Waals surface area (Å²) < 4.78 is 4.92. The first-order valence-corrected chi connectivity index (χ1v) is 6.34. The van der Waals surface area contributed by atoms with E-state index in [9.17, 15) is 19.2 Å². The first kappa shape index (κ1) is 14.0. The normalized spacial score (nSPS) is 18.1. The molecule has 1 aliphatic heterocycles. The van der Waals surface area contributed by atoms with Crippen LogP contribution in [0.25, 0.3) is 0 Å². The van der Waals surface area contributed by atoms with E-state index in [4.69, 9.17) is 4.74 Å². The first-order valence-electron chi connectivity index (χ1n) is 6.34. The molecule has 1 aromatic rings. The summed E-state index contributed by atoms with van der Waals surface area (Å²) >= 11 is 0. The summed E-state index contributed by atoms with van der Waals surface area (Å²) in [6.45, 7) is 2.31. The Morgan fingerprint density at radius 3 is 2.80 bits per heavy atom. The van der Waals surface area contributed by atoms with Crippen molar-refractivity contribution in [1.29, 1.82) is 0 Å². The van der Waals surface area contributed by atoms with E-state index in [1.54, 1.807) is 6.92 Å². The second-order valence-electron chi connectivity index (χ2n) is 4.41. The van der Waals surface area contributed by atoms with Gasteiger partial charge in [0.1, 0.15) is 11.7 Å². The van der Waals surface area contributed by atoms with Crippen molar-refractivity contribution in [1.82, 2.24) is 14.9 Å². The molecule has 0 aromatic carbocycles. The summed E-state index contributed by atoms with van der Waals surface area (Å²) in [5.41, 5.74) is -1.55. The standard InChI is InChI=1S/C12H15N3O5/c1-2-20-11(18)8-4-3-5-15(8)10(17)7-6-9(16)14-12(19)13-7/h6,8H,2-5H2,1H3,(H2,13,14,16,19). The fourth-order valence-corrected chi connectivity index (χ4v) is 2.23. The van der Waals surface area contributed by atoms with Crippen molar-refractivity contribution in [3.05, 3.63) is 32.6 Å². The summed E-state index contributed by atoms with van der Waals surface area (Å²) in [5.74, 6) is -1.02. The molecule has 1 fully saturated rings. The van der Waals surface area contributed by atoms with Gasteiger partial charge >= 0.3 is 11.7 Å². The maximum absolute atomic E-state index is 12.3. The van der Waals surface area contributed by atoms with E-state index in [0.717, 1.165) is 6.07 Å². The van der Waals surface area contributed by atoms with Gasteiger partial charge in [-0.2, -0.15) is 0 Å². The predicted octanol–water partition coefficient (Wildman–Crippen LogP) is -0.769. The van der Waals surface area contributed by atoms with Crippen molar-refractivity contribution < 1.29 is 14.3 Å². The Labute approximate surface area is 113 Å². The molecule has 0 radical (unpaired) electrons. The van der Waals surface area contributed by atoms with Gasteiger partial charge in [0, 0.05) is 12.6 Å². The third-order valence-electron chi connectivity index (χ3n) is 3.06. The van der Waals surface area contributed by atoms with E-state index in [1.165, 1.54) is 4.90 Å². The fraction of sp³-hybridized carbons (Fsp3) is 0.500. The Bertz CT molecular complexity index is 604. The number of carbonyl (C=O) groups is 2. The number of ether oxygens (including phenoxy) is 1. The Morgan fingerprint density at radius 2 is 2.15 bits per heavy atom. The average molecular weight is 281 g/mol. The van der Waals surface area contributed by atoms with Gasteiger partial charge in [-0.1, -0.05) is 0 Å². The van der Waals surface area contributed by atoms with Gasteiger partial charge in [0.05, 0.1) is 6.61 Å². The van der Waals surface area contributed by atoms with Gasteiger partial charge in [-0.15, -0.1) is 0 Å². The van der Waals surface area contributed by atoms with Crippen molar-refractivity contribution in [2.75, 3.05) is 13.2 Å². The van der Waals surface area contributed by atoms with Crippen LogP contribution < -0.4 is 11.2 Å². The minimum absolute atomic E-state index is 0.130. The number of likely N-dealkylation sites (tertiary alicyclic amines) is 1. The zero-order valence-corrected chi connectivity index (χ0v) is 11.0. The highest BCUT2D eigenvalue weighted by molar-refractivity contribution is 5.95. The molecule has 0 bridgehead atoms. The molecule has 0 saturated carbocycles. The van der Waals surface area contributed by atoms with E-state index in [1.807, 2.05) is 4.98 Å². The van der Waals surface area contributed by atoms with Crippen LogP contribution in [0.15, 0.2) is 15.7 Å². The molecule has 0 aliphatic carbocycles. The van der Waals surface area contributed by atoms with Gasteiger partial charge in [0.25, 0.3) is 11.5 Å². The molecule has 1 unspecified atom stereocenters.